The van der Waals surface area contributed by atoms with Crippen LogP contribution in [0.2, 0.25) is 5.02 Å². The predicted molar refractivity (Wildman–Crippen MR) is 135 cm³/mol. The first kappa shape index (κ1) is 23.9. The van der Waals surface area contributed by atoms with Crippen molar-refractivity contribution >= 4 is 63.3 Å². The Bertz CT molecular complexity index is 1300. The van der Waals surface area contributed by atoms with Crippen LogP contribution >= 0.6 is 23.8 Å². The van der Waals surface area contributed by atoms with Crippen LogP contribution in [0.4, 0.5) is 5.69 Å². The van der Waals surface area contributed by atoms with Crippen molar-refractivity contribution in [1.82, 2.24) is 5.32 Å². The number of rotatable bonds is 7. The molecule has 1 N–H and O–H groups in total. The number of benzene rings is 2. The summed E-state index contributed by atoms with van der Waals surface area (Å²) >= 11 is 11.2. The lowest BCUT2D eigenvalue weighted by molar-refractivity contribution is -0.122. The van der Waals surface area contributed by atoms with E-state index in [1.54, 1.807) is 54.6 Å². The van der Waals surface area contributed by atoms with Gasteiger partial charge in [0.1, 0.15) is 17.1 Å². The van der Waals surface area contributed by atoms with Crippen molar-refractivity contribution in [3.05, 3.63) is 88.3 Å². The van der Waals surface area contributed by atoms with Crippen LogP contribution in [0.3, 0.4) is 0 Å². The number of hydrogen-bond donors (Lipinski definition) is 1. The molecule has 2 heterocycles. The zero-order valence-corrected chi connectivity index (χ0v) is 20.3. The highest BCUT2D eigenvalue weighted by Gasteiger charge is 2.34. The van der Waals surface area contributed by atoms with Gasteiger partial charge in [-0.15, -0.1) is 0 Å². The molecule has 1 unspecified atom stereocenters. The van der Waals surface area contributed by atoms with Gasteiger partial charge in [-0.3, -0.25) is 24.0 Å². The summed E-state index contributed by atoms with van der Waals surface area (Å²) in [6.45, 7) is 0. The first-order valence-corrected chi connectivity index (χ1v) is 12.3. The summed E-state index contributed by atoms with van der Waals surface area (Å²) in [4.78, 5) is 27.0. The van der Waals surface area contributed by atoms with Crippen LogP contribution in [0, 0.1) is 0 Å². The molecule has 0 radical (unpaired) electrons. The number of furan rings is 1. The van der Waals surface area contributed by atoms with Gasteiger partial charge in [0.25, 0.3) is 11.8 Å². The van der Waals surface area contributed by atoms with E-state index in [0.717, 1.165) is 0 Å². The molecule has 0 bridgehead atoms. The Morgan fingerprint density at radius 3 is 2.59 bits per heavy atom. The van der Waals surface area contributed by atoms with Crippen molar-refractivity contribution < 1.29 is 23.0 Å². The molecule has 2 aromatic carbocycles. The molecule has 0 saturated carbocycles. The Morgan fingerprint density at radius 1 is 1.15 bits per heavy atom. The van der Waals surface area contributed by atoms with E-state index in [0.29, 0.717) is 33.3 Å². The van der Waals surface area contributed by atoms with Gasteiger partial charge in [-0.1, -0.05) is 17.7 Å². The van der Waals surface area contributed by atoms with E-state index in [1.165, 1.54) is 24.3 Å². The van der Waals surface area contributed by atoms with Crippen molar-refractivity contribution in [2.24, 2.45) is 0 Å². The van der Waals surface area contributed by atoms with Gasteiger partial charge in [0.05, 0.1) is 30.6 Å². The number of halogens is 1. The molecule has 34 heavy (non-hydrogen) atoms. The fourth-order valence-corrected chi connectivity index (χ4v) is 4.99. The number of carbonyl (C=O) groups excluding carboxylic acids is 2. The second-order valence-corrected chi connectivity index (χ2v) is 9.59. The number of thiocarbonyl (C=S) groups is 1. The molecule has 174 valence electrons. The average Bonchev–Trinajstić information content (AvgIpc) is 3.31. The summed E-state index contributed by atoms with van der Waals surface area (Å²) in [7, 11) is 0.268. The Balaban J connectivity index is 1.62. The molecule has 1 aliphatic rings. The van der Waals surface area contributed by atoms with Crippen molar-refractivity contribution in [2.45, 2.75) is 11.5 Å². The maximum Gasteiger partial charge on any atom is 0.270 e. The third-order valence-corrected chi connectivity index (χ3v) is 6.78. The molecule has 1 aliphatic heterocycles. The molecule has 2 amide bonds. The van der Waals surface area contributed by atoms with Crippen LogP contribution in [0.15, 0.2) is 70.9 Å². The molecule has 1 saturated heterocycles. The third-order valence-electron chi connectivity index (χ3n) is 5.00. The summed E-state index contributed by atoms with van der Waals surface area (Å²) in [6, 6.07) is 15.2. The molecular formula is C24H19ClN2O5S2. The SMILES string of the molecule is COc1ccc(C=C2C(=O)NC(=S)N(c3ccc(Cl)cc3)C2=O)cc1CS(=O)Cc1ccco1. The Hall–Kier alpha value is -3.27. The van der Waals surface area contributed by atoms with Crippen LogP contribution in [0.5, 0.6) is 5.75 Å². The number of carbonyl (C=O) groups is 2. The summed E-state index contributed by atoms with van der Waals surface area (Å²) in [6.07, 6.45) is 3.01. The fraction of sp³-hybridized carbons (Fsp3) is 0.125. The van der Waals surface area contributed by atoms with E-state index in [1.807, 2.05) is 0 Å². The van der Waals surface area contributed by atoms with Crippen molar-refractivity contribution in [3.63, 3.8) is 0 Å². The predicted octanol–water partition coefficient (Wildman–Crippen LogP) is 4.22. The van der Waals surface area contributed by atoms with Gasteiger partial charge >= 0.3 is 0 Å². The topological polar surface area (TPSA) is 88.9 Å². The van der Waals surface area contributed by atoms with Crippen molar-refractivity contribution in [2.75, 3.05) is 12.0 Å². The average molecular weight is 515 g/mol. The molecule has 1 fully saturated rings. The number of methoxy groups -OCH3 is 1. The van der Waals surface area contributed by atoms with Crippen LogP contribution in [0.1, 0.15) is 16.9 Å². The zero-order valence-electron chi connectivity index (χ0n) is 17.9. The minimum atomic E-state index is -1.26. The van der Waals surface area contributed by atoms with Gasteiger partial charge in [-0.2, -0.15) is 0 Å². The molecule has 10 heteroatoms. The number of nitrogens with zero attached hydrogens (tertiary/aromatic N) is 1. The van der Waals surface area contributed by atoms with Gasteiger partial charge in [-0.25, -0.2) is 0 Å². The van der Waals surface area contributed by atoms with Gasteiger partial charge in [0, 0.05) is 21.4 Å². The first-order chi connectivity index (χ1) is 16.4. The highest BCUT2D eigenvalue weighted by molar-refractivity contribution is 7.83. The van der Waals surface area contributed by atoms with E-state index in [9.17, 15) is 13.8 Å². The minimum Gasteiger partial charge on any atom is -0.496 e. The van der Waals surface area contributed by atoms with Crippen molar-refractivity contribution in [1.29, 1.82) is 0 Å². The van der Waals surface area contributed by atoms with E-state index in [4.69, 9.17) is 33.0 Å². The largest absolute Gasteiger partial charge is 0.496 e. The molecule has 1 atom stereocenters. The molecular weight excluding hydrogens is 496 g/mol. The summed E-state index contributed by atoms with van der Waals surface area (Å²) in [5.74, 6) is 0.489. The Morgan fingerprint density at radius 2 is 1.91 bits per heavy atom. The second-order valence-electron chi connectivity index (χ2n) is 7.31. The summed E-state index contributed by atoms with van der Waals surface area (Å²) in [5.41, 5.74) is 1.65. The Labute approximate surface area is 208 Å². The summed E-state index contributed by atoms with van der Waals surface area (Å²) < 4.78 is 23.3. The monoisotopic (exact) mass is 514 g/mol. The van der Waals surface area contributed by atoms with Gasteiger partial charge in [0.2, 0.25) is 0 Å². The lowest BCUT2D eigenvalue weighted by atomic mass is 10.0. The smallest absolute Gasteiger partial charge is 0.270 e. The van der Waals surface area contributed by atoms with E-state index in [2.05, 4.69) is 5.32 Å². The lowest BCUT2D eigenvalue weighted by Gasteiger charge is -2.29. The molecule has 1 aromatic heterocycles. The maximum absolute atomic E-state index is 13.2. The Kier molecular flexibility index (Phi) is 7.26. The zero-order chi connectivity index (χ0) is 24.2. The summed E-state index contributed by atoms with van der Waals surface area (Å²) in [5, 5.41) is 3.04. The quantitative estimate of drug-likeness (QED) is 0.288. The minimum absolute atomic E-state index is 0.0155. The number of nitrogens with one attached hydrogen (secondary N) is 1. The lowest BCUT2D eigenvalue weighted by Crippen LogP contribution is -2.54. The maximum atomic E-state index is 13.2. The van der Waals surface area contributed by atoms with Crippen molar-refractivity contribution in [3.8, 4) is 5.75 Å². The van der Waals surface area contributed by atoms with Gasteiger partial charge in [0.15, 0.2) is 5.11 Å². The third kappa shape index (κ3) is 5.27. The standard InChI is InChI=1S/C24H19ClN2O5S2/c1-31-21-9-4-15(11-16(21)13-34(30)14-19-3-2-10-32-19)12-20-22(28)26-24(33)27(23(20)29)18-7-5-17(25)6-8-18/h2-12H,13-14H2,1H3,(H,26,28,33). The van der Waals surface area contributed by atoms with Crippen LogP contribution < -0.4 is 15.0 Å². The number of hydrogen-bond acceptors (Lipinski definition) is 6. The van der Waals surface area contributed by atoms with E-state index in [-0.39, 0.29) is 22.2 Å². The van der Waals surface area contributed by atoms with Gasteiger partial charge in [-0.05, 0) is 72.4 Å². The van der Waals surface area contributed by atoms with Crippen LogP contribution in [-0.2, 0) is 31.9 Å². The number of anilines is 1. The van der Waals surface area contributed by atoms with Crippen LogP contribution in [-0.4, -0.2) is 28.2 Å². The van der Waals surface area contributed by atoms with Gasteiger partial charge < -0.3 is 9.15 Å². The molecule has 4 rings (SSSR count). The normalized spacial score (nSPS) is 16.0. The first-order valence-electron chi connectivity index (χ1n) is 10.1. The number of amides is 2. The highest BCUT2D eigenvalue weighted by atomic mass is 35.5. The fourth-order valence-electron chi connectivity index (χ4n) is 3.43. The number of ether oxygens (including phenoxy) is 1. The molecule has 0 spiro atoms. The van der Waals surface area contributed by atoms with E-state index >= 15 is 0 Å². The molecule has 7 nitrogen and oxygen atoms in total. The van der Waals surface area contributed by atoms with Crippen LogP contribution in [0.25, 0.3) is 6.08 Å². The van der Waals surface area contributed by atoms with E-state index < -0.39 is 22.6 Å². The molecule has 0 aliphatic carbocycles. The second kappa shape index (κ2) is 10.3. The highest BCUT2D eigenvalue weighted by Crippen LogP contribution is 2.26. The molecule has 3 aromatic rings.